The molecule has 28 heavy (non-hydrogen) atoms. The molecule has 0 spiro atoms. The van der Waals surface area contributed by atoms with Gasteiger partial charge in [0.05, 0.1) is 4.90 Å². The van der Waals surface area contributed by atoms with Gasteiger partial charge in [0.15, 0.2) is 0 Å². The van der Waals surface area contributed by atoms with Gasteiger partial charge in [0, 0.05) is 25.2 Å². The summed E-state index contributed by atoms with van der Waals surface area (Å²) >= 11 is 0. The van der Waals surface area contributed by atoms with Crippen molar-refractivity contribution >= 4 is 27.7 Å². The molecule has 0 saturated heterocycles. The summed E-state index contributed by atoms with van der Waals surface area (Å²) in [5.41, 5.74) is 0.924. The second kappa shape index (κ2) is 7.81. The van der Waals surface area contributed by atoms with Crippen LogP contribution in [0.4, 0.5) is 0 Å². The normalized spacial score (nSPS) is 16.7. The fourth-order valence-corrected chi connectivity index (χ4v) is 3.94. The van der Waals surface area contributed by atoms with E-state index in [1.54, 1.807) is 62.6 Å². The van der Waals surface area contributed by atoms with Crippen LogP contribution < -0.4 is 4.72 Å². The minimum Gasteiger partial charge on any atom is -0.446 e. The Morgan fingerprint density at radius 2 is 1.71 bits per heavy atom. The molecule has 0 bridgehead atoms. The van der Waals surface area contributed by atoms with Crippen LogP contribution in [-0.2, 0) is 24.3 Å². The van der Waals surface area contributed by atoms with E-state index in [2.05, 4.69) is 9.71 Å². The van der Waals surface area contributed by atoms with Gasteiger partial charge in [-0.05, 0) is 12.1 Å². The third-order valence-corrected chi connectivity index (χ3v) is 5.44. The number of carbonyl (C=O) groups is 2. The molecule has 146 valence electrons. The number of ether oxygens (including phenoxy) is 1. The maximum Gasteiger partial charge on any atom is 0.328 e. The minimum absolute atomic E-state index is 0.0720. The van der Waals surface area contributed by atoms with E-state index in [4.69, 9.17) is 4.74 Å². The van der Waals surface area contributed by atoms with E-state index in [1.807, 2.05) is 0 Å². The van der Waals surface area contributed by atoms with Crippen molar-refractivity contribution in [2.75, 3.05) is 20.6 Å². The minimum atomic E-state index is -3.69. The molecule has 0 aromatic heterocycles. The number of carbonyl (C=O) groups excluding carboxylic acids is 2. The van der Waals surface area contributed by atoms with Crippen molar-refractivity contribution in [1.82, 2.24) is 9.62 Å². The molecule has 8 nitrogen and oxygen atoms in total. The Bertz CT molecular complexity index is 1030. The van der Waals surface area contributed by atoms with Crippen LogP contribution in [0, 0.1) is 0 Å². The number of amides is 1. The number of nitrogens with one attached hydrogen (secondary N) is 1. The zero-order valence-corrected chi connectivity index (χ0v) is 16.1. The van der Waals surface area contributed by atoms with E-state index in [-0.39, 0.29) is 16.6 Å². The first kappa shape index (κ1) is 19.6. The van der Waals surface area contributed by atoms with Gasteiger partial charge in [-0.1, -0.05) is 42.5 Å². The number of hydrogen-bond donors (Lipinski definition) is 1. The van der Waals surface area contributed by atoms with Crippen LogP contribution in [-0.4, -0.2) is 51.7 Å². The molecule has 1 amide bonds. The highest BCUT2D eigenvalue weighted by Gasteiger charge is 2.31. The summed E-state index contributed by atoms with van der Waals surface area (Å²) < 4.78 is 31.8. The zero-order valence-electron chi connectivity index (χ0n) is 15.3. The number of hydrogen-bond acceptors (Lipinski definition) is 6. The Morgan fingerprint density at radius 1 is 1.07 bits per heavy atom. The van der Waals surface area contributed by atoms with Gasteiger partial charge in [0.25, 0.3) is 15.9 Å². The van der Waals surface area contributed by atoms with Crippen LogP contribution in [0.15, 0.2) is 64.5 Å². The van der Waals surface area contributed by atoms with Crippen molar-refractivity contribution < 1.29 is 22.7 Å². The van der Waals surface area contributed by atoms with Crippen molar-refractivity contribution in [3.63, 3.8) is 0 Å². The molecule has 1 aliphatic heterocycles. The summed E-state index contributed by atoms with van der Waals surface area (Å²) in [7, 11) is -0.555. The monoisotopic (exact) mass is 401 g/mol. The molecule has 2 aromatic rings. The molecule has 0 unspecified atom stereocenters. The fraction of sp³-hybridized carbons (Fsp3) is 0.211. The number of sulfonamides is 1. The number of aliphatic imine (C=N–C) groups is 1. The first-order chi connectivity index (χ1) is 13.3. The molecule has 1 heterocycles. The average molecular weight is 401 g/mol. The number of fused-ring (bicyclic) bond motifs is 1. The Labute approximate surface area is 162 Å². The second-order valence-corrected chi connectivity index (χ2v) is 7.93. The molecule has 1 N–H and O–H groups in total. The number of likely N-dealkylation sites (N-methyl/N-ethyl adjacent to an activating group) is 1. The van der Waals surface area contributed by atoms with Gasteiger partial charge in [-0.25, -0.2) is 8.42 Å². The highest BCUT2D eigenvalue weighted by Crippen LogP contribution is 2.23. The van der Waals surface area contributed by atoms with E-state index >= 15 is 0 Å². The summed E-state index contributed by atoms with van der Waals surface area (Å²) in [6.07, 6.45) is -1.10. The Morgan fingerprint density at radius 3 is 2.39 bits per heavy atom. The lowest BCUT2D eigenvalue weighted by molar-refractivity contribution is -0.158. The average Bonchev–Trinajstić information content (AvgIpc) is 2.95. The third kappa shape index (κ3) is 4.04. The number of amidine groups is 1. The maximum atomic E-state index is 12.4. The maximum absolute atomic E-state index is 12.4. The topological polar surface area (TPSA) is 105 Å². The van der Waals surface area contributed by atoms with Gasteiger partial charge in [-0.3, -0.25) is 19.3 Å². The lowest BCUT2D eigenvalue weighted by atomic mass is 10.1. The smallest absolute Gasteiger partial charge is 0.328 e. The van der Waals surface area contributed by atoms with E-state index in [9.17, 15) is 18.0 Å². The van der Waals surface area contributed by atoms with Gasteiger partial charge < -0.3 is 9.64 Å². The second-order valence-electron chi connectivity index (χ2n) is 6.28. The Balaban J connectivity index is 1.78. The van der Waals surface area contributed by atoms with Crippen LogP contribution in [0.1, 0.15) is 17.2 Å². The van der Waals surface area contributed by atoms with Gasteiger partial charge in [-0.15, -0.1) is 0 Å². The van der Waals surface area contributed by atoms with Crippen molar-refractivity contribution in [2.24, 2.45) is 4.99 Å². The summed E-state index contributed by atoms with van der Waals surface area (Å²) in [6.45, 7) is -0.434. The van der Waals surface area contributed by atoms with Crippen LogP contribution in [0.2, 0.25) is 0 Å². The number of nitrogens with zero attached hydrogens (tertiary/aromatic N) is 2. The molecule has 2 aromatic carbocycles. The fourth-order valence-electron chi connectivity index (χ4n) is 2.69. The summed E-state index contributed by atoms with van der Waals surface area (Å²) in [4.78, 5) is 30.2. The first-order valence-corrected chi connectivity index (χ1v) is 9.90. The summed E-state index contributed by atoms with van der Waals surface area (Å²) in [5.74, 6) is -1.07. The first-order valence-electron chi connectivity index (χ1n) is 8.42. The Hall–Kier alpha value is -3.20. The summed E-state index contributed by atoms with van der Waals surface area (Å²) in [5, 5.41) is 0. The van der Waals surface area contributed by atoms with Crippen molar-refractivity contribution in [3.05, 3.63) is 65.7 Å². The van der Waals surface area contributed by atoms with Gasteiger partial charge in [0.1, 0.15) is 12.4 Å². The lowest BCUT2D eigenvalue weighted by Crippen LogP contribution is -2.32. The summed E-state index contributed by atoms with van der Waals surface area (Å²) in [6, 6.07) is 15.0. The number of benzene rings is 2. The highest BCUT2D eigenvalue weighted by molar-refractivity contribution is 7.90. The molecule has 0 radical (unpaired) electrons. The molecule has 3 rings (SSSR count). The molecule has 9 heteroatoms. The van der Waals surface area contributed by atoms with Crippen LogP contribution in [0.25, 0.3) is 0 Å². The molecular weight excluding hydrogens is 382 g/mol. The van der Waals surface area contributed by atoms with Crippen molar-refractivity contribution in [3.8, 4) is 0 Å². The van der Waals surface area contributed by atoms with Crippen molar-refractivity contribution in [1.29, 1.82) is 0 Å². The van der Waals surface area contributed by atoms with Gasteiger partial charge in [0.2, 0.25) is 6.10 Å². The highest BCUT2D eigenvalue weighted by atomic mass is 32.2. The molecule has 0 saturated carbocycles. The zero-order chi connectivity index (χ0) is 20.3. The Kier molecular flexibility index (Phi) is 5.46. The van der Waals surface area contributed by atoms with E-state index in [1.165, 1.54) is 11.0 Å². The lowest BCUT2D eigenvalue weighted by Gasteiger charge is -2.20. The SMILES string of the molecule is CN(C)C(=O)[C@@H](OC(=O)CN=C1NS(=O)(=O)c2ccccc21)c1ccccc1. The number of esters is 1. The standard InChI is InChI=1S/C19H19N3O5S/c1-22(2)19(24)17(13-8-4-3-5-9-13)27-16(23)12-20-18-14-10-6-7-11-15(14)28(25,26)21-18/h3-11,17H,12H2,1-2H3,(H,20,21)/t17-/m0/s1. The van der Waals surface area contributed by atoms with E-state index < -0.39 is 28.6 Å². The molecule has 1 aliphatic rings. The van der Waals surface area contributed by atoms with Crippen LogP contribution >= 0.6 is 0 Å². The molecule has 0 aliphatic carbocycles. The quantitative estimate of drug-likeness (QED) is 0.756. The van der Waals surface area contributed by atoms with Gasteiger partial charge >= 0.3 is 5.97 Å². The van der Waals surface area contributed by atoms with E-state index in [0.29, 0.717) is 11.1 Å². The molecule has 0 fully saturated rings. The van der Waals surface area contributed by atoms with Gasteiger partial charge in [-0.2, -0.15) is 0 Å². The largest absolute Gasteiger partial charge is 0.446 e. The van der Waals surface area contributed by atoms with Crippen LogP contribution in [0.3, 0.4) is 0 Å². The predicted octanol–water partition coefficient (Wildman–Crippen LogP) is 1.10. The number of rotatable bonds is 5. The van der Waals surface area contributed by atoms with Crippen molar-refractivity contribution in [2.45, 2.75) is 11.0 Å². The molecular formula is C19H19N3O5S. The van der Waals surface area contributed by atoms with Crippen LogP contribution in [0.5, 0.6) is 0 Å². The van der Waals surface area contributed by atoms with E-state index in [0.717, 1.165) is 0 Å². The molecule has 1 atom stereocenters. The third-order valence-electron chi connectivity index (χ3n) is 4.05. The predicted molar refractivity (Wildman–Crippen MR) is 102 cm³/mol.